The number of hydrogen-bond acceptors (Lipinski definition) is 8. The highest BCUT2D eigenvalue weighted by molar-refractivity contribution is 7.91. The van der Waals surface area contributed by atoms with Crippen LogP contribution in [0.2, 0.25) is 0 Å². The summed E-state index contributed by atoms with van der Waals surface area (Å²) >= 11 is 0. The van der Waals surface area contributed by atoms with Crippen LogP contribution in [0.25, 0.3) is 0 Å². The minimum absolute atomic E-state index is 0.151. The average molecular weight is 597 g/mol. The molecule has 2 N–H and O–H groups in total. The Labute approximate surface area is 246 Å². The van der Waals surface area contributed by atoms with Gasteiger partial charge in [-0.25, -0.2) is 22.6 Å². The molecule has 13 heteroatoms. The van der Waals surface area contributed by atoms with Gasteiger partial charge in [-0.1, -0.05) is 0 Å². The van der Waals surface area contributed by atoms with E-state index in [-0.39, 0.29) is 36.1 Å². The zero-order valence-corrected chi connectivity index (χ0v) is 25.1. The fraction of sp³-hybridized carbons (Fsp3) is 0.448. The molecule has 1 fully saturated rings. The first-order valence-electron chi connectivity index (χ1n) is 14.1. The Kier molecular flexibility index (Phi) is 8.60. The normalized spacial score (nSPS) is 19.3. The second-order valence-corrected chi connectivity index (χ2v) is 13.1. The minimum Gasteiger partial charge on any atom is -0.351 e. The molecule has 1 aliphatic heterocycles. The number of benzene rings is 1. The third kappa shape index (κ3) is 6.62. The summed E-state index contributed by atoms with van der Waals surface area (Å²) in [6.07, 6.45) is 8.94. The lowest BCUT2D eigenvalue weighted by molar-refractivity contribution is 0.221. The van der Waals surface area contributed by atoms with Gasteiger partial charge >= 0.3 is 6.03 Å². The first-order valence-corrected chi connectivity index (χ1v) is 15.7. The van der Waals surface area contributed by atoms with E-state index in [9.17, 15) is 13.2 Å². The van der Waals surface area contributed by atoms with E-state index >= 15 is 4.39 Å². The highest BCUT2D eigenvalue weighted by Crippen LogP contribution is 2.34. The van der Waals surface area contributed by atoms with Gasteiger partial charge in [0.25, 0.3) is 0 Å². The van der Waals surface area contributed by atoms with Crippen molar-refractivity contribution >= 4 is 39.2 Å². The molecule has 11 nitrogen and oxygen atoms in total. The third-order valence-electron chi connectivity index (χ3n) is 7.75. The van der Waals surface area contributed by atoms with Crippen molar-refractivity contribution in [2.24, 2.45) is 0 Å². The molecule has 0 radical (unpaired) electrons. The van der Waals surface area contributed by atoms with E-state index in [2.05, 4.69) is 39.0 Å². The zero-order valence-electron chi connectivity index (χ0n) is 24.3. The van der Waals surface area contributed by atoms with Crippen LogP contribution < -0.4 is 19.8 Å². The van der Waals surface area contributed by atoms with Gasteiger partial charge in [0.2, 0.25) is 16.0 Å². The number of sulfonamides is 1. The predicted molar refractivity (Wildman–Crippen MR) is 161 cm³/mol. The fourth-order valence-electron chi connectivity index (χ4n) is 5.49. The van der Waals surface area contributed by atoms with Crippen LogP contribution in [0.4, 0.5) is 32.3 Å². The van der Waals surface area contributed by atoms with Gasteiger partial charge in [0.15, 0.2) is 0 Å². The third-order valence-corrected chi connectivity index (χ3v) is 8.99. The van der Waals surface area contributed by atoms with E-state index in [1.54, 1.807) is 23.2 Å². The molecule has 1 aliphatic carbocycles. The van der Waals surface area contributed by atoms with Gasteiger partial charge in [0.05, 0.1) is 18.0 Å². The molecule has 1 aromatic carbocycles. The largest absolute Gasteiger partial charge is 0.351 e. The topological polar surface area (TPSA) is 124 Å². The predicted octanol–water partition coefficient (Wildman–Crippen LogP) is 4.59. The first-order chi connectivity index (χ1) is 20.0. The van der Waals surface area contributed by atoms with Gasteiger partial charge in [-0.2, -0.15) is 4.98 Å². The van der Waals surface area contributed by atoms with Crippen LogP contribution in [-0.2, 0) is 22.3 Å². The molecule has 1 saturated carbocycles. The van der Waals surface area contributed by atoms with Gasteiger partial charge in [0, 0.05) is 48.0 Å². The summed E-state index contributed by atoms with van der Waals surface area (Å²) in [5, 5.41) is 3.45. The van der Waals surface area contributed by atoms with Crippen LogP contribution in [0.15, 0.2) is 48.9 Å². The van der Waals surface area contributed by atoms with E-state index in [1.807, 2.05) is 13.8 Å². The molecule has 2 aromatic heterocycles. The lowest BCUT2D eigenvalue weighted by Gasteiger charge is -2.38. The lowest BCUT2D eigenvalue weighted by atomic mass is 9.91. The number of carbonyl (C=O) groups excluding carboxylic acids is 1. The summed E-state index contributed by atoms with van der Waals surface area (Å²) in [4.78, 5) is 32.1. The second-order valence-electron chi connectivity index (χ2n) is 11.4. The number of hydrogen-bond donors (Lipinski definition) is 2. The molecular formula is C29H37FN8O3S. The summed E-state index contributed by atoms with van der Waals surface area (Å²) in [6.45, 7) is 3.94. The highest BCUT2D eigenvalue weighted by atomic mass is 32.2. The molecule has 0 spiro atoms. The quantitative estimate of drug-likeness (QED) is 0.368. The van der Waals surface area contributed by atoms with E-state index in [1.165, 1.54) is 29.4 Å². The van der Waals surface area contributed by atoms with Gasteiger partial charge in [0.1, 0.15) is 11.6 Å². The van der Waals surface area contributed by atoms with Gasteiger partial charge in [-0.05, 0) is 89.5 Å². The van der Waals surface area contributed by atoms with Crippen molar-refractivity contribution in [1.82, 2.24) is 19.9 Å². The summed E-state index contributed by atoms with van der Waals surface area (Å²) in [5.74, 6) is -0.0919. The molecule has 2 amide bonds. The number of nitrogens with one attached hydrogen (secondary N) is 2. The van der Waals surface area contributed by atoms with Gasteiger partial charge < -0.3 is 10.2 Å². The first kappa shape index (κ1) is 29.6. The van der Waals surface area contributed by atoms with Crippen LogP contribution in [0.3, 0.4) is 0 Å². The van der Waals surface area contributed by atoms with Crippen LogP contribution in [0, 0.1) is 5.82 Å². The molecule has 3 heterocycles. The SMILES string of the molecule is CC(C)N1C(=O)N(c2ccc(NS(=O)(=O)Cc3ccncc3)c(F)c2)Cc2cnc(NC3CCC(N(C)C)CC3)nc21. The number of amides is 2. The summed E-state index contributed by atoms with van der Waals surface area (Å²) in [5.41, 5.74) is 1.36. The number of halogens is 1. The Morgan fingerprint density at radius 2 is 1.81 bits per heavy atom. The molecule has 0 unspecified atom stereocenters. The van der Waals surface area contributed by atoms with Crippen LogP contribution >= 0.6 is 0 Å². The van der Waals surface area contributed by atoms with E-state index in [0.29, 0.717) is 29.1 Å². The number of nitrogens with zero attached hydrogens (tertiary/aromatic N) is 6. The lowest BCUT2D eigenvalue weighted by Crippen LogP contribution is -2.51. The molecule has 0 atom stereocenters. The molecule has 224 valence electrons. The number of pyridine rings is 1. The minimum atomic E-state index is -3.87. The Bertz CT molecular complexity index is 1530. The van der Waals surface area contributed by atoms with E-state index in [0.717, 1.165) is 37.3 Å². The molecule has 42 heavy (non-hydrogen) atoms. The van der Waals surface area contributed by atoms with Crippen LogP contribution in [-0.4, -0.2) is 66.5 Å². The number of fused-ring (bicyclic) bond motifs is 1. The Morgan fingerprint density at radius 1 is 1.10 bits per heavy atom. The highest BCUT2D eigenvalue weighted by Gasteiger charge is 2.35. The van der Waals surface area contributed by atoms with Crippen molar-refractivity contribution in [2.75, 3.05) is 33.9 Å². The van der Waals surface area contributed by atoms with Crippen molar-refractivity contribution < 1.29 is 17.6 Å². The molecule has 2 aliphatic rings. The number of anilines is 4. The van der Waals surface area contributed by atoms with Crippen LogP contribution in [0.1, 0.15) is 50.7 Å². The standard InChI is InChI=1S/C29H37FN8O3S/c1-19(2)38-27-21(16-32-28(34-27)33-22-5-7-23(8-6-22)36(3)4)17-37(29(38)39)24-9-10-26(25(30)15-24)35-42(40,41)18-20-11-13-31-14-12-20/h9-16,19,22-23,35H,5-8,17-18H2,1-4H3,(H,32,33,34). The van der Waals surface area contributed by atoms with Crippen molar-refractivity contribution in [1.29, 1.82) is 0 Å². The maximum Gasteiger partial charge on any atom is 0.330 e. The van der Waals surface area contributed by atoms with Crippen molar-refractivity contribution in [3.63, 3.8) is 0 Å². The summed E-state index contributed by atoms with van der Waals surface area (Å²) in [6, 6.07) is 7.45. The molecule has 0 bridgehead atoms. The van der Waals surface area contributed by atoms with Crippen molar-refractivity contribution in [3.8, 4) is 0 Å². The van der Waals surface area contributed by atoms with E-state index < -0.39 is 15.8 Å². The Hall–Kier alpha value is -3.84. The molecular weight excluding hydrogens is 559 g/mol. The molecule has 0 saturated heterocycles. The summed E-state index contributed by atoms with van der Waals surface area (Å²) < 4.78 is 42.7. The number of rotatable bonds is 9. The second kappa shape index (κ2) is 12.2. The molecule has 3 aromatic rings. The monoisotopic (exact) mass is 596 g/mol. The molecule has 5 rings (SSSR count). The Morgan fingerprint density at radius 3 is 2.45 bits per heavy atom. The van der Waals surface area contributed by atoms with E-state index in [4.69, 9.17) is 4.98 Å². The number of aromatic nitrogens is 3. The maximum atomic E-state index is 15.2. The van der Waals surface area contributed by atoms with Crippen molar-refractivity contribution in [2.45, 2.75) is 70.0 Å². The average Bonchev–Trinajstić information content (AvgIpc) is 2.94. The van der Waals surface area contributed by atoms with Gasteiger partial charge in [-0.3, -0.25) is 19.5 Å². The van der Waals surface area contributed by atoms with Crippen LogP contribution in [0.5, 0.6) is 0 Å². The number of urea groups is 1. The smallest absolute Gasteiger partial charge is 0.330 e. The summed E-state index contributed by atoms with van der Waals surface area (Å²) in [7, 11) is 0.353. The fourth-order valence-corrected chi connectivity index (χ4v) is 6.69. The van der Waals surface area contributed by atoms with Crippen molar-refractivity contribution in [3.05, 3.63) is 65.9 Å². The van der Waals surface area contributed by atoms with Gasteiger partial charge in [-0.15, -0.1) is 0 Å². The maximum absolute atomic E-state index is 15.2. The Balaban J connectivity index is 1.32. The zero-order chi connectivity index (χ0) is 30.0. The number of carbonyl (C=O) groups is 1.